The smallest absolute Gasteiger partial charge is 0.348 e. The van der Waals surface area contributed by atoms with Crippen LogP contribution in [0.3, 0.4) is 0 Å². The third kappa shape index (κ3) is 4.59. The number of piperidine rings is 1. The molecule has 2 heterocycles. The van der Waals surface area contributed by atoms with Crippen LogP contribution in [0, 0.1) is 23.2 Å². The van der Waals surface area contributed by atoms with Gasteiger partial charge in [-0.15, -0.1) is 11.3 Å². The van der Waals surface area contributed by atoms with Crippen LogP contribution in [0.1, 0.15) is 80.3 Å². The number of nitrogens with two attached hydrogens (primary N) is 1. The molecule has 1 amide bonds. The van der Waals surface area contributed by atoms with E-state index < -0.39 is 12.0 Å². The standard InChI is InChI=1S/C22H30N2O3S/c1-22(2,3)12-11-15-13-18(19(28-15)21(26)27)24-17(10-9-16(23)20(24)25)14-7-5-4-6-8-14/h13-14,16-17H,4-10,23H2,1-3H3,(H,26,27)/t16?,17-/m0/s1. The van der Waals surface area contributed by atoms with Gasteiger partial charge in [0.25, 0.3) is 0 Å². The zero-order chi connectivity index (χ0) is 20.5. The maximum Gasteiger partial charge on any atom is 0.348 e. The Hall–Kier alpha value is -1.84. The lowest BCUT2D eigenvalue weighted by atomic mass is 9.79. The molecular formula is C22H30N2O3S. The molecule has 2 fully saturated rings. The highest BCUT2D eigenvalue weighted by Crippen LogP contribution is 2.40. The number of thiophene rings is 1. The van der Waals surface area contributed by atoms with Crippen LogP contribution in [-0.2, 0) is 4.79 Å². The highest BCUT2D eigenvalue weighted by molar-refractivity contribution is 7.15. The van der Waals surface area contributed by atoms with Gasteiger partial charge in [-0.2, -0.15) is 0 Å². The molecule has 1 aromatic heterocycles. The van der Waals surface area contributed by atoms with E-state index in [9.17, 15) is 14.7 Å². The SMILES string of the molecule is CC(C)(C)C#Cc1cc(N2C(=O)C(N)CC[C@H]2C2CCCCC2)c(C(=O)O)s1. The molecule has 0 spiro atoms. The second-order valence-electron chi connectivity index (χ2n) is 8.99. The van der Waals surface area contributed by atoms with Crippen molar-refractivity contribution in [1.82, 2.24) is 0 Å². The summed E-state index contributed by atoms with van der Waals surface area (Å²) in [4.78, 5) is 27.6. The van der Waals surface area contributed by atoms with E-state index in [2.05, 4.69) is 11.8 Å². The van der Waals surface area contributed by atoms with E-state index in [1.165, 1.54) is 19.3 Å². The van der Waals surface area contributed by atoms with Crippen LogP contribution in [0.5, 0.6) is 0 Å². The third-order valence-electron chi connectivity index (χ3n) is 5.58. The van der Waals surface area contributed by atoms with E-state index in [-0.39, 0.29) is 22.2 Å². The van der Waals surface area contributed by atoms with E-state index >= 15 is 0 Å². The maximum absolute atomic E-state index is 13.1. The highest BCUT2D eigenvalue weighted by atomic mass is 32.1. The van der Waals surface area contributed by atoms with Crippen molar-refractivity contribution < 1.29 is 14.7 Å². The van der Waals surface area contributed by atoms with Crippen LogP contribution in [0.4, 0.5) is 5.69 Å². The molecule has 0 bridgehead atoms. The Balaban J connectivity index is 2.02. The summed E-state index contributed by atoms with van der Waals surface area (Å²) in [6.07, 6.45) is 7.26. The Morgan fingerprint density at radius 3 is 2.50 bits per heavy atom. The molecule has 1 aromatic rings. The van der Waals surface area contributed by atoms with Gasteiger partial charge in [0.05, 0.1) is 16.6 Å². The number of hydrogen-bond donors (Lipinski definition) is 2. The van der Waals surface area contributed by atoms with Crippen molar-refractivity contribution in [3.63, 3.8) is 0 Å². The Morgan fingerprint density at radius 2 is 1.89 bits per heavy atom. The van der Waals surface area contributed by atoms with Crippen LogP contribution >= 0.6 is 11.3 Å². The Bertz CT molecular complexity index is 806. The zero-order valence-electron chi connectivity index (χ0n) is 17.0. The largest absolute Gasteiger partial charge is 0.477 e. The number of nitrogens with zero attached hydrogens (tertiary/aromatic N) is 1. The van der Waals surface area contributed by atoms with Gasteiger partial charge in [0.2, 0.25) is 5.91 Å². The number of carboxylic acid groups (broad SMARTS) is 1. The first-order chi connectivity index (χ1) is 13.2. The summed E-state index contributed by atoms with van der Waals surface area (Å²) in [5, 5.41) is 9.78. The van der Waals surface area contributed by atoms with Gasteiger partial charge in [0, 0.05) is 11.5 Å². The molecule has 1 saturated heterocycles. The summed E-state index contributed by atoms with van der Waals surface area (Å²) in [6.45, 7) is 6.04. The number of anilines is 1. The summed E-state index contributed by atoms with van der Waals surface area (Å²) in [7, 11) is 0. The van der Waals surface area contributed by atoms with Crippen LogP contribution < -0.4 is 10.6 Å². The fourth-order valence-corrected chi connectivity index (χ4v) is 5.07. The molecule has 6 heteroatoms. The molecule has 3 N–H and O–H groups in total. The van der Waals surface area contributed by atoms with Gasteiger partial charge >= 0.3 is 5.97 Å². The molecule has 5 nitrogen and oxygen atoms in total. The van der Waals surface area contributed by atoms with E-state index in [4.69, 9.17) is 5.73 Å². The van der Waals surface area contributed by atoms with Crippen LogP contribution in [0.2, 0.25) is 0 Å². The lowest BCUT2D eigenvalue weighted by Gasteiger charge is -2.43. The quantitative estimate of drug-likeness (QED) is 0.741. The molecule has 1 saturated carbocycles. The van der Waals surface area contributed by atoms with Gasteiger partial charge in [-0.05, 0) is 58.4 Å². The van der Waals surface area contributed by atoms with Crippen LogP contribution in [0.15, 0.2) is 6.07 Å². The van der Waals surface area contributed by atoms with E-state index in [1.807, 2.05) is 20.8 Å². The first-order valence-corrected chi connectivity index (χ1v) is 11.0. The van der Waals surface area contributed by atoms with E-state index in [0.717, 1.165) is 30.6 Å². The van der Waals surface area contributed by atoms with Crippen molar-refractivity contribution in [1.29, 1.82) is 0 Å². The van der Waals surface area contributed by atoms with Crippen LogP contribution in [0.25, 0.3) is 0 Å². The van der Waals surface area contributed by atoms with Crippen LogP contribution in [-0.4, -0.2) is 29.1 Å². The van der Waals surface area contributed by atoms with Crippen molar-refractivity contribution in [3.8, 4) is 11.8 Å². The van der Waals surface area contributed by atoms with Crippen molar-refractivity contribution in [2.24, 2.45) is 17.1 Å². The first-order valence-electron chi connectivity index (χ1n) is 10.2. The Labute approximate surface area is 171 Å². The number of carbonyl (C=O) groups is 2. The lowest BCUT2D eigenvalue weighted by Crippen LogP contribution is -2.56. The van der Waals surface area contributed by atoms with Crippen molar-refractivity contribution in [2.75, 3.05) is 4.90 Å². The molecule has 1 aliphatic heterocycles. The summed E-state index contributed by atoms with van der Waals surface area (Å²) < 4.78 is 0. The molecular weight excluding hydrogens is 372 g/mol. The highest BCUT2D eigenvalue weighted by Gasteiger charge is 2.40. The zero-order valence-corrected chi connectivity index (χ0v) is 17.8. The molecule has 0 aromatic carbocycles. The second kappa shape index (κ2) is 8.26. The second-order valence-corrected chi connectivity index (χ2v) is 10.0. The van der Waals surface area contributed by atoms with E-state index in [0.29, 0.717) is 22.9 Å². The number of aromatic carboxylic acids is 1. The molecule has 1 aliphatic carbocycles. The topological polar surface area (TPSA) is 83.6 Å². The van der Waals surface area contributed by atoms with E-state index in [1.54, 1.807) is 11.0 Å². The minimum Gasteiger partial charge on any atom is -0.477 e. The Morgan fingerprint density at radius 1 is 1.21 bits per heavy atom. The minimum atomic E-state index is -1.02. The Kier molecular flexibility index (Phi) is 6.16. The predicted octanol–water partition coefficient (Wildman–Crippen LogP) is 4.25. The summed E-state index contributed by atoms with van der Waals surface area (Å²) in [5.41, 5.74) is 6.38. The van der Waals surface area contributed by atoms with Gasteiger partial charge < -0.3 is 15.7 Å². The third-order valence-corrected chi connectivity index (χ3v) is 6.61. The number of amides is 1. The molecule has 152 valence electrons. The minimum absolute atomic E-state index is 0.0312. The van der Waals surface area contributed by atoms with Gasteiger partial charge in [0.1, 0.15) is 4.88 Å². The molecule has 2 atom stereocenters. The van der Waals surface area contributed by atoms with Crippen molar-refractivity contribution in [3.05, 3.63) is 15.8 Å². The average molecular weight is 403 g/mol. The van der Waals surface area contributed by atoms with Gasteiger partial charge in [-0.3, -0.25) is 4.79 Å². The van der Waals surface area contributed by atoms with Crippen molar-refractivity contribution >= 4 is 28.9 Å². The normalized spacial score (nSPS) is 24.0. The fourth-order valence-electron chi connectivity index (χ4n) is 4.23. The number of rotatable bonds is 3. The molecule has 2 aliphatic rings. The predicted molar refractivity (Wildman–Crippen MR) is 113 cm³/mol. The summed E-state index contributed by atoms with van der Waals surface area (Å²) in [5.74, 6) is 5.49. The molecule has 3 rings (SSSR count). The first kappa shape index (κ1) is 20.9. The molecule has 0 radical (unpaired) electrons. The number of carbonyl (C=O) groups excluding carboxylic acids is 1. The summed E-state index contributed by atoms with van der Waals surface area (Å²) in [6, 6.07) is 1.24. The summed E-state index contributed by atoms with van der Waals surface area (Å²) >= 11 is 1.15. The van der Waals surface area contributed by atoms with Crippen molar-refractivity contribution in [2.45, 2.75) is 77.8 Å². The van der Waals surface area contributed by atoms with Gasteiger partial charge in [-0.1, -0.05) is 31.1 Å². The van der Waals surface area contributed by atoms with Gasteiger partial charge in [-0.25, -0.2) is 4.79 Å². The number of carboxylic acids is 1. The lowest BCUT2D eigenvalue weighted by molar-refractivity contribution is -0.122. The molecule has 28 heavy (non-hydrogen) atoms. The fraction of sp³-hybridized carbons (Fsp3) is 0.636. The monoisotopic (exact) mass is 402 g/mol. The average Bonchev–Trinajstić information content (AvgIpc) is 3.06. The van der Waals surface area contributed by atoms with Gasteiger partial charge in [0.15, 0.2) is 0 Å². The molecule has 1 unspecified atom stereocenters. The maximum atomic E-state index is 13.1. The number of hydrogen-bond acceptors (Lipinski definition) is 4.